The second-order valence-electron chi connectivity index (χ2n) is 4.94. The second-order valence-corrected chi connectivity index (χ2v) is 4.94. The SMILES string of the molecule is CC1(c2cccc3ccccc23)CCC1. The molecular weight excluding hydrogens is 180 g/mol. The third-order valence-electron chi connectivity index (χ3n) is 3.90. The molecule has 0 unspecified atom stereocenters. The summed E-state index contributed by atoms with van der Waals surface area (Å²) >= 11 is 0. The zero-order valence-corrected chi connectivity index (χ0v) is 9.16. The van der Waals surface area contributed by atoms with Gasteiger partial charge in [0.15, 0.2) is 0 Å². The molecule has 0 N–H and O–H groups in total. The van der Waals surface area contributed by atoms with Gasteiger partial charge in [0, 0.05) is 0 Å². The maximum absolute atomic E-state index is 2.40. The summed E-state index contributed by atoms with van der Waals surface area (Å²) in [4.78, 5) is 0. The average molecular weight is 196 g/mol. The van der Waals surface area contributed by atoms with Gasteiger partial charge in [-0.1, -0.05) is 55.8 Å². The highest BCUT2D eigenvalue weighted by Crippen LogP contribution is 2.45. The highest BCUT2D eigenvalue weighted by Gasteiger charge is 2.34. The van der Waals surface area contributed by atoms with E-state index in [-0.39, 0.29) is 0 Å². The third kappa shape index (κ3) is 1.28. The van der Waals surface area contributed by atoms with Crippen molar-refractivity contribution in [2.24, 2.45) is 0 Å². The molecular formula is C15H16. The van der Waals surface area contributed by atoms with Crippen molar-refractivity contribution in [3.05, 3.63) is 48.0 Å². The first-order valence-corrected chi connectivity index (χ1v) is 5.78. The van der Waals surface area contributed by atoms with Crippen LogP contribution >= 0.6 is 0 Å². The number of hydrogen-bond acceptors (Lipinski definition) is 0. The predicted octanol–water partition coefficient (Wildman–Crippen LogP) is 4.28. The van der Waals surface area contributed by atoms with E-state index in [0.717, 1.165) is 0 Å². The molecule has 2 aromatic rings. The van der Waals surface area contributed by atoms with Crippen molar-refractivity contribution in [2.45, 2.75) is 31.6 Å². The number of fused-ring (bicyclic) bond motifs is 1. The molecule has 0 bridgehead atoms. The Morgan fingerprint density at radius 2 is 1.67 bits per heavy atom. The predicted molar refractivity (Wildman–Crippen MR) is 65.2 cm³/mol. The summed E-state index contributed by atoms with van der Waals surface area (Å²) in [6.45, 7) is 2.40. The van der Waals surface area contributed by atoms with Crippen molar-refractivity contribution >= 4 is 10.8 Å². The van der Waals surface area contributed by atoms with Crippen LogP contribution < -0.4 is 0 Å². The van der Waals surface area contributed by atoms with Crippen molar-refractivity contribution in [3.63, 3.8) is 0 Å². The summed E-state index contributed by atoms with van der Waals surface area (Å²) in [5.41, 5.74) is 1.99. The molecule has 0 spiro atoms. The Hall–Kier alpha value is -1.30. The minimum Gasteiger partial charge on any atom is -0.0616 e. The van der Waals surface area contributed by atoms with Crippen LogP contribution in [0.3, 0.4) is 0 Å². The molecule has 1 fully saturated rings. The molecule has 0 aromatic heterocycles. The summed E-state index contributed by atoms with van der Waals surface area (Å²) in [6, 6.07) is 15.4. The summed E-state index contributed by atoms with van der Waals surface area (Å²) in [6.07, 6.45) is 4.09. The van der Waals surface area contributed by atoms with Crippen LogP contribution in [0.15, 0.2) is 42.5 Å². The molecule has 0 heterocycles. The van der Waals surface area contributed by atoms with E-state index < -0.39 is 0 Å². The lowest BCUT2D eigenvalue weighted by Crippen LogP contribution is -2.30. The van der Waals surface area contributed by atoms with Gasteiger partial charge in [-0.3, -0.25) is 0 Å². The lowest BCUT2D eigenvalue weighted by atomic mass is 9.65. The van der Waals surface area contributed by atoms with Gasteiger partial charge in [-0.05, 0) is 34.6 Å². The Morgan fingerprint density at radius 3 is 2.40 bits per heavy atom. The molecule has 2 aromatic carbocycles. The fourth-order valence-electron chi connectivity index (χ4n) is 2.73. The summed E-state index contributed by atoms with van der Waals surface area (Å²) in [7, 11) is 0. The van der Waals surface area contributed by atoms with Crippen LogP contribution in [0.1, 0.15) is 31.7 Å². The van der Waals surface area contributed by atoms with E-state index in [2.05, 4.69) is 49.4 Å². The van der Waals surface area contributed by atoms with E-state index in [4.69, 9.17) is 0 Å². The first-order valence-electron chi connectivity index (χ1n) is 5.78. The van der Waals surface area contributed by atoms with E-state index in [0.29, 0.717) is 5.41 Å². The Morgan fingerprint density at radius 1 is 0.933 bits per heavy atom. The van der Waals surface area contributed by atoms with Crippen molar-refractivity contribution in [1.29, 1.82) is 0 Å². The minimum atomic E-state index is 0.445. The first kappa shape index (κ1) is 8.96. The van der Waals surface area contributed by atoms with Crippen LogP contribution in [0, 0.1) is 0 Å². The van der Waals surface area contributed by atoms with Crippen LogP contribution in [-0.4, -0.2) is 0 Å². The number of benzene rings is 2. The van der Waals surface area contributed by atoms with E-state index in [1.807, 2.05) is 0 Å². The molecule has 0 heteroatoms. The lowest BCUT2D eigenvalue weighted by molar-refractivity contribution is 0.274. The van der Waals surface area contributed by atoms with Gasteiger partial charge >= 0.3 is 0 Å². The van der Waals surface area contributed by atoms with E-state index >= 15 is 0 Å². The van der Waals surface area contributed by atoms with Crippen molar-refractivity contribution in [3.8, 4) is 0 Å². The van der Waals surface area contributed by atoms with E-state index in [1.165, 1.54) is 30.0 Å². The summed E-state index contributed by atoms with van der Waals surface area (Å²) in [5.74, 6) is 0. The molecule has 15 heavy (non-hydrogen) atoms. The van der Waals surface area contributed by atoms with E-state index in [9.17, 15) is 0 Å². The highest BCUT2D eigenvalue weighted by atomic mass is 14.4. The Labute approximate surface area is 90.9 Å². The molecule has 0 saturated heterocycles. The Bertz CT molecular complexity index is 487. The first-order chi connectivity index (χ1) is 7.30. The van der Waals surface area contributed by atoms with Gasteiger partial charge in [0.2, 0.25) is 0 Å². The standard InChI is InChI=1S/C15H16/c1-15(10-5-11-15)14-9-4-7-12-6-2-3-8-13(12)14/h2-4,6-9H,5,10-11H2,1H3. The second kappa shape index (κ2) is 3.10. The van der Waals surface area contributed by atoms with Gasteiger partial charge in [-0.2, -0.15) is 0 Å². The Kier molecular flexibility index (Phi) is 1.85. The average Bonchev–Trinajstić information content (AvgIpc) is 2.25. The van der Waals surface area contributed by atoms with Gasteiger partial charge in [-0.15, -0.1) is 0 Å². The third-order valence-corrected chi connectivity index (χ3v) is 3.90. The quantitative estimate of drug-likeness (QED) is 0.638. The molecule has 76 valence electrons. The topological polar surface area (TPSA) is 0 Å². The smallest absolute Gasteiger partial charge is 0.00691 e. The molecule has 1 saturated carbocycles. The van der Waals surface area contributed by atoms with Gasteiger partial charge in [-0.25, -0.2) is 0 Å². The van der Waals surface area contributed by atoms with Crippen molar-refractivity contribution in [2.75, 3.05) is 0 Å². The fraction of sp³-hybridized carbons (Fsp3) is 0.333. The molecule has 0 atom stereocenters. The molecule has 0 amide bonds. The molecule has 1 aliphatic rings. The highest BCUT2D eigenvalue weighted by molar-refractivity contribution is 5.86. The molecule has 1 aliphatic carbocycles. The van der Waals surface area contributed by atoms with Gasteiger partial charge in [0.25, 0.3) is 0 Å². The molecule has 0 radical (unpaired) electrons. The maximum atomic E-state index is 2.40. The maximum Gasteiger partial charge on any atom is -0.00691 e. The van der Waals surface area contributed by atoms with Crippen molar-refractivity contribution in [1.82, 2.24) is 0 Å². The molecule has 0 aliphatic heterocycles. The normalized spacial score (nSPS) is 18.7. The van der Waals surface area contributed by atoms with Crippen LogP contribution in [0.4, 0.5) is 0 Å². The van der Waals surface area contributed by atoms with Gasteiger partial charge in [0.1, 0.15) is 0 Å². The molecule has 0 nitrogen and oxygen atoms in total. The van der Waals surface area contributed by atoms with Crippen LogP contribution in [0.2, 0.25) is 0 Å². The van der Waals surface area contributed by atoms with Crippen LogP contribution in [0.25, 0.3) is 10.8 Å². The zero-order chi connectivity index (χ0) is 10.3. The minimum absolute atomic E-state index is 0.445. The van der Waals surface area contributed by atoms with Gasteiger partial charge < -0.3 is 0 Å². The van der Waals surface area contributed by atoms with Gasteiger partial charge in [0.05, 0.1) is 0 Å². The van der Waals surface area contributed by atoms with Crippen LogP contribution in [-0.2, 0) is 5.41 Å². The lowest BCUT2D eigenvalue weighted by Gasteiger charge is -2.39. The Balaban J connectivity index is 2.26. The summed E-state index contributed by atoms with van der Waals surface area (Å²) in [5, 5.41) is 2.82. The van der Waals surface area contributed by atoms with Crippen molar-refractivity contribution < 1.29 is 0 Å². The van der Waals surface area contributed by atoms with Crippen LogP contribution in [0.5, 0.6) is 0 Å². The number of hydrogen-bond donors (Lipinski definition) is 0. The summed E-state index contributed by atoms with van der Waals surface area (Å²) < 4.78 is 0. The van der Waals surface area contributed by atoms with E-state index in [1.54, 1.807) is 5.56 Å². The number of rotatable bonds is 1. The molecule has 3 rings (SSSR count). The monoisotopic (exact) mass is 196 g/mol. The zero-order valence-electron chi connectivity index (χ0n) is 9.16. The fourth-order valence-corrected chi connectivity index (χ4v) is 2.73. The largest absolute Gasteiger partial charge is 0.0616 e.